The van der Waals surface area contributed by atoms with Crippen LogP contribution in [-0.4, -0.2) is 6.29 Å². The predicted molar refractivity (Wildman–Crippen MR) is 57.1 cm³/mol. The monoisotopic (exact) mass is 182 g/mol. The van der Waals surface area contributed by atoms with E-state index in [1.165, 1.54) is 0 Å². The van der Waals surface area contributed by atoms with Gasteiger partial charge in [0.05, 0.1) is 0 Å². The Bertz CT molecular complexity index is 362. The van der Waals surface area contributed by atoms with Gasteiger partial charge in [-0.25, -0.2) is 0 Å². The highest BCUT2D eigenvalue weighted by Gasteiger charge is 1.92. The largest absolute Gasteiger partial charge is 0.328 e. The molecule has 0 bridgehead atoms. The number of hydrogen-bond acceptors (Lipinski definition) is 0. The highest BCUT2D eigenvalue weighted by molar-refractivity contribution is 5.76. The first kappa shape index (κ1) is 8.70. The Balaban J connectivity index is 2.16. The SMILES string of the molecule is [C-](=[O+]c1ccccc1)c1ccccc1. The molecule has 0 aliphatic heterocycles. The predicted octanol–water partition coefficient (Wildman–Crippen LogP) is 3.09. The fourth-order valence-corrected chi connectivity index (χ4v) is 1.11. The van der Waals surface area contributed by atoms with E-state index in [9.17, 15) is 0 Å². The molecule has 0 spiro atoms. The molecule has 0 atom stereocenters. The van der Waals surface area contributed by atoms with E-state index in [0.29, 0.717) is 0 Å². The van der Waals surface area contributed by atoms with Gasteiger partial charge in [0.15, 0.2) is 0 Å². The Hall–Kier alpha value is -1.89. The molecule has 0 heterocycles. The molecule has 0 fully saturated rings. The third-order valence-electron chi connectivity index (χ3n) is 1.80. The Labute approximate surface area is 83.3 Å². The maximum Gasteiger partial charge on any atom is 0.328 e. The molecule has 0 aliphatic rings. The fourth-order valence-electron chi connectivity index (χ4n) is 1.11. The Morgan fingerprint density at radius 1 is 0.714 bits per heavy atom. The minimum atomic E-state index is 0.802. The van der Waals surface area contributed by atoms with E-state index in [0.717, 1.165) is 11.3 Å². The third kappa shape index (κ3) is 2.30. The third-order valence-corrected chi connectivity index (χ3v) is 1.80. The van der Waals surface area contributed by atoms with Crippen LogP contribution in [0.2, 0.25) is 0 Å². The summed E-state index contributed by atoms with van der Waals surface area (Å²) in [6.45, 7) is 0. The fraction of sp³-hybridized carbons (Fsp3) is 0. The van der Waals surface area contributed by atoms with E-state index < -0.39 is 0 Å². The molecule has 1 nitrogen and oxygen atoms in total. The quantitative estimate of drug-likeness (QED) is 0.499. The summed E-state index contributed by atoms with van der Waals surface area (Å²) in [6, 6.07) is 19.4. The molecule has 2 aromatic carbocycles. The molecule has 0 N–H and O–H groups in total. The molecule has 0 saturated heterocycles. The maximum absolute atomic E-state index is 5.34. The van der Waals surface area contributed by atoms with Crippen LogP contribution in [0.3, 0.4) is 0 Å². The van der Waals surface area contributed by atoms with Crippen molar-refractivity contribution in [1.82, 2.24) is 0 Å². The van der Waals surface area contributed by atoms with Crippen molar-refractivity contribution in [3.63, 3.8) is 0 Å². The van der Waals surface area contributed by atoms with Crippen LogP contribution in [-0.2, 0) is 4.42 Å². The summed E-state index contributed by atoms with van der Waals surface area (Å²) in [5.74, 6) is 0.802. The van der Waals surface area contributed by atoms with Gasteiger partial charge < -0.3 is 0 Å². The Kier molecular flexibility index (Phi) is 2.72. The number of rotatable bonds is 2. The van der Waals surface area contributed by atoms with E-state index in [-0.39, 0.29) is 0 Å². The van der Waals surface area contributed by atoms with Gasteiger partial charge in [0.1, 0.15) is 0 Å². The molecule has 14 heavy (non-hydrogen) atoms. The van der Waals surface area contributed by atoms with Gasteiger partial charge in [0.2, 0.25) is 0 Å². The van der Waals surface area contributed by atoms with Gasteiger partial charge in [-0.05, 0) is 17.7 Å². The van der Waals surface area contributed by atoms with Gasteiger partial charge in [0.25, 0.3) is 5.75 Å². The second-order valence-electron chi connectivity index (χ2n) is 2.88. The lowest BCUT2D eigenvalue weighted by atomic mass is 10.2. The number of benzene rings is 2. The normalized spacial score (nSPS) is 10.6. The minimum absolute atomic E-state index is 0.802. The van der Waals surface area contributed by atoms with Crippen molar-refractivity contribution in [2.75, 3.05) is 0 Å². The van der Waals surface area contributed by atoms with Gasteiger partial charge in [-0.15, -0.1) is 24.3 Å². The summed E-state index contributed by atoms with van der Waals surface area (Å²) >= 11 is 0. The van der Waals surface area contributed by atoms with Crippen molar-refractivity contribution in [3.8, 4) is 5.75 Å². The highest BCUT2D eigenvalue weighted by Crippen LogP contribution is 2.08. The summed E-state index contributed by atoms with van der Waals surface area (Å²) in [5.41, 5.74) is 0.941. The molecule has 0 aliphatic carbocycles. The molecule has 0 saturated carbocycles. The average molecular weight is 182 g/mol. The zero-order chi connectivity index (χ0) is 9.64. The summed E-state index contributed by atoms with van der Waals surface area (Å²) in [4.78, 5) is 0. The van der Waals surface area contributed by atoms with Gasteiger partial charge in [0, 0.05) is 0 Å². The van der Waals surface area contributed by atoms with Gasteiger partial charge in [-0.2, -0.15) is 0 Å². The topological polar surface area (TPSA) is 11.3 Å². The van der Waals surface area contributed by atoms with E-state index in [4.69, 9.17) is 4.42 Å². The number of para-hydroxylation sites is 1. The molecular weight excluding hydrogens is 172 g/mol. The zero-order valence-electron chi connectivity index (χ0n) is 7.68. The lowest BCUT2D eigenvalue weighted by Gasteiger charge is -1.89. The van der Waals surface area contributed by atoms with Crippen molar-refractivity contribution in [2.45, 2.75) is 0 Å². The second kappa shape index (κ2) is 4.38. The highest BCUT2D eigenvalue weighted by atomic mass is 16.4. The van der Waals surface area contributed by atoms with Crippen molar-refractivity contribution in [3.05, 3.63) is 66.2 Å². The van der Waals surface area contributed by atoms with Crippen LogP contribution in [0, 0.1) is 0 Å². The minimum Gasteiger partial charge on any atom is -0.296 e. The molecule has 2 rings (SSSR count). The first-order valence-corrected chi connectivity index (χ1v) is 4.48. The number of carbonyl (C=O) groups excluding carboxylic acids is 1. The van der Waals surface area contributed by atoms with Crippen LogP contribution in [0.5, 0.6) is 5.75 Å². The molecule has 0 radical (unpaired) electrons. The van der Waals surface area contributed by atoms with Crippen LogP contribution in [0.25, 0.3) is 0 Å². The summed E-state index contributed by atoms with van der Waals surface area (Å²) < 4.78 is 5.34. The van der Waals surface area contributed by atoms with E-state index in [1.54, 1.807) is 0 Å². The van der Waals surface area contributed by atoms with Gasteiger partial charge >= 0.3 is 6.29 Å². The standard InChI is InChI=1S/C13H10O/c1-3-7-12(8-4-1)11-14-13-9-5-2-6-10-13/h1-10H. The molecule has 2 aromatic rings. The molecule has 0 amide bonds. The number of hydrogen-bond donors (Lipinski definition) is 0. The Morgan fingerprint density at radius 2 is 1.29 bits per heavy atom. The summed E-state index contributed by atoms with van der Waals surface area (Å²) in [5, 5.41) is 0. The molecule has 0 aromatic heterocycles. The second-order valence-corrected chi connectivity index (χ2v) is 2.88. The van der Waals surface area contributed by atoms with Crippen LogP contribution in [0.15, 0.2) is 60.7 Å². The average Bonchev–Trinajstić information content (AvgIpc) is 2.29. The molecule has 1 heteroatoms. The van der Waals surface area contributed by atoms with Crippen molar-refractivity contribution in [1.29, 1.82) is 0 Å². The van der Waals surface area contributed by atoms with Crippen LogP contribution in [0.4, 0.5) is 0 Å². The van der Waals surface area contributed by atoms with Crippen molar-refractivity contribution in [2.24, 2.45) is 0 Å². The maximum atomic E-state index is 5.34. The smallest absolute Gasteiger partial charge is 0.296 e. The van der Waals surface area contributed by atoms with Gasteiger partial charge in [-0.3, -0.25) is 4.42 Å². The van der Waals surface area contributed by atoms with Crippen LogP contribution < -0.4 is 0 Å². The lowest BCUT2D eigenvalue weighted by Crippen LogP contribution is -1.79. The van der Waals surface area contributed by atoms with Gasteiger partial charge in [-0.1, -0.05) is 24.3 Å². The first-order valence-electron chi connectivity index (χ1n) is 4.48. The molecule has 0 unspecified atom stereocenters. The van der Waals surface area contributed by atoms with Crippen molar-refractivity contribution >= 4 is 6.29 Å². The first-order chi connectivity index (χ1) is 6.95. The van der Waals surface area contributed by atoms with E-state index in [1.807, 2.05) is 60.7 Å². The molecule has 68 valence electrons. The summed E-state index contributed by atoms with van der Waals surface area (Å²) in [7, 11) is 0. The van der Waals surface area contributed by atoms with Crippen LogP contribution in [0.1, 0.15) is 5.56 Å². The van der Waals surface area contributed by atoms with Crippen molar-refractivity contribution < 1.29 is 4.42 Å². The Morgan fingerprint density at radius 3 is 1.93 bits per heavy atom. The van der Waals surface area contributed by atoms with E-state index in [2.05, 4.69) is 6.29 Å². The zero-order valence-corrected chi connectivity index (χ0v) is 7.68. The van der Waals surface area contributed by atoms with E-state index >= 15 is 0 Å². The summed E-state index contributed by atoms with van der Waals surface area (Å²) in [6.07, 6.45) is 2.86. The van der Waals surface area contributed by atoms with Crippen LogP contribution >= 0.6 is 0 Å². The lowest BCUT2D eigenvalue weighted by molar-refractivity contribution is 0.254. The molecular formula is C13H10O.